The van der Waals surface area contributed by atoms with Crippen LogP contribution in [0.15, 0.2) is 0 Å². The third-order valence-corrected chi connectivity index (χ3v) is 1.82. The van der Waals surface area contributed by atoms with Crippen LogP contribution in [0, 0.1) is 5.92 Å². The van der Waals surface area contributed by atoms with Crippen LogP contribution in [0.1, 0.15) is 47.5 Å². The van der Waals surface area contributed by atoms with Gasteiger partial charge in [-0.25, -0.2) is 0 Å². The second-order valence-electron chi connectivity index (χ2n) is 4.06. The van der Waals surface area contributed by atoms with Crippen molar-refractivity contribution in [3.8, 4) is 0 Å². The van der Waals surface area contributed by atoms with E-state index < -0.39 is 0 Å². The molecule has 0 saturated carbocycles. The highest BCUT2D eigenvalue weighted by Crippen LogP contribution is 2.07. The number of hydrogen-bond donors (Lipinski definition) is 1. The second-order valence-corrected chi connectivity index (χ2v) is 4.06. The van der Waals surface area contributed by atoms with Gasteiger partial charge in [0.1, 0.15) is 0 Å². The monoisotopic (exact) mass is 157 g/mol. The first-order valence-electron chi connectivity index (χ1n) is 4.82. The third kappa shape index (κ3) is 6.36. The van der Waals surface area contributed by atoms with Crippen molar-refractivity contribution in [1.29, 1.82) is 0 Å². The van der Waals surface area contributed by atoms with Crippen molar-refractivity contribution in [3.63, 3.8) is 0 Å². The van der Waals surface area contributed by atoms with Gasteiger partial charge in [0, 0.05) is 12.1 Å². The molecule has 0 unspecified atom stereocenters. The topological polar surface area (TPSA) is 12.0 Å². The average Bonchev–Trinajstić information content (AvgIpc) is 1.84. The molecule has 1 N–H and O–H groups in total. The van der Waals surface area contributed by atoms with E-state index in [-0.39, 0.29) is 0 Å². The molecule has 0 aliphatic carbocycles. The Morgan fingerprint density at radius 2 is 1.64 bits per heavy atom. The smallest absolute Gasteiger partial charge is 0.00692 e. The molecule has 1 heteroatoms. The van der Waals surface area contributed by atoms with Gasteiger partial charge in [-0.15, -0.1) is 0 Å². The van der Waals surface area contributed by atoms with Gasteiger partial charge >= 0.3 is 0 Å². The predicted octanol–water partition coefficient (Wildman–Crippen LogP) is 2.81. The lowest BCUT2D eigenvalue weighted by Crippen LogP contribution is -2.35. The Morgan fingerprint density at radius 1 is 1.09 bits per heavy atom. The Bertz CT molecular complexity index is 76.9. The number of rotatable bonds is 5. The lowest BCUT2D eigenvalue weighted by molar-refractivity contribution is 0.382. The van der Waals surface area contributed by atoms with Crippen LogP contribution < -0.4 is 5.32 Å². The molecular formula is C10H23N. The Morgan fingerprint density at radius 3 is 1.91 bits per heavy atom. The fraction of sp³-hybridized carbons (Fsp3) is 1.00. The van der Waals surface area contributed by atoms with E-state index in [1.54, 1.807) is 0 Å². The first-order valence-corrected chi connectivity index (χ1v) is 4.82. The zero-order valence-corrected chi connectivity index (χ0v) is 8.65. The van der Waals surface area contributed by atoms with Crippen LogP contribution in [0.3, 0.4) is 0 Å². The minimum Gasteiger partial charge on any atom is -0.312 e. The number of nitrogens with one attached hydrogen (secondary N) is 1. The summed E-state index contributed by atoms with van der Waals surface area (Å²) in [6.45, 7) is 11.2. The second kappa shape index (κ2) is 5.59. The molecule has 0 aliphatic rings. The van der Waals surface area contributed by atoms with E-state index in [4.69, 9.17) is 0 Å². The maximum Gasteiger partial charge on any atom is 0.00692 e. The quantitative estimate of drug-likeness (QED) is 0.647. The summed E-state index contributed by atoms with van der Waals surface area (Å²) in [6.07, 6.45) is 2.55. The average molecular weight is 157 g/mol. The minimum atomic E-state index is 0.624. The van der Waals surface area contributed by atoms with E-state index in [9.17, 15) is 0 Å². The van der Waals surface area contributed by atoms with E-state index in [0.29, 0.717) is 6.04 Å². The van der Waals surface area contributed by atoms with Gasteiger partial charge in [-0.1, -0.05) is 34.6 Å². The Kier molecular flexibility index (Phi) is 5.57. The molecule has 11 heavy (non-hydrogen) atoms. The molecule has 1 atom stereocenters. The molecule has 0 bridgehead atoms. The van der Waals surface area contributed by atoms with Crippen molar-refractivity contribution in [2.75, 3.05) is 0 Å². The van der Waals surface area contributed by atoms with Crippen molar-refractivity contribution in [1.82, 2.24) is 5.32 Å². The molecule has 68 valence electrons. The Hall–Kier alpha value is -0.0400. The maximum absolute atomic E-state index is 3.56. The van der Waals surface area contributed by atoms with Crippen molar-refractivity contribution in [2.24, 2.45) is 5.92 Å². The molecule has 0 fully saturated rings. The SMILES string of the molecule is CC[C@@H](CC(C)C)NC(C)C. The molecule has 0 heterocycles. The molecule has 0 rings (SSSR count). The molecule has 0 aromatic heterocycles. The van der Waals surface area contributed by atoms with Crippen molar-refractivity contribution >= 4 is 0 Å². The molecule has 1 nitrogen and oxygen atoms in total. The first-order chi connectivity index (χ1) is 5.06. The highest BCUT2D eigenvalue weighted by atomic mass is 14.9. The molecule has 0 spiro atoms. The maximum atomic E-state index is 3.56. The molecular weight excluding hydrogens is 134 g/mol. The zero-order valence-electron chi connectivity index (χ0n) is 8.65. The van der Waals surface area contributed by atoms with Gasteiger partial charge < -0.3 is 5.32 Å². The van der Waals surface area contributed by atoms with Crippen molar-refractivity contribution in [3.05, 3.63) is 0 Å². The van der Waals surface area contributed by atoms with Gasteiger partial charge in [-0.2, -0.15) is 0 Å². The molecule has 0 aliphatic heterocycles. The van der Waals surface area contributed by atoms with E-state index in [1.165, 1.54) is 12.8 Å². The van der Waals surface area contributed by atoms with Gasteiger partial charge in [-0.3, -0.25) is 0 Å². The summed E-state index contributed by atoms with van der Waals surface area (Å²) in [4.78, 5) is 0. The Balaban J connectivity index is 3.58. The lowest BCUT2D eigenvalue weighted by atomic mass is 10.0. The third-order valence-electron chi connectivity index (χ3n) is 1.82. The van der Waals surface area contributed by atoms with Crippen LogP contribution in [-0.4, -0.2) is 12.1 Å². The summed E-state index contributed by atoms with van der Waals surface area (Å²) in [5.74, 6) is 0.811. The zero-order chi connectivity index (χ0) is 8.85. The lowest BCUT2D eigenvalue weighted by Gasteiger charge is -2.21. The summed E-state index contributed by atoms with van der Waals surface area (Å²) in [5, 5.41) is 3.56. The largest absolute Gasteiger partial charge is 0.312 e. The van der Waals surface area contributed by atoms with Gasteiger partial charge in [-0.05, 0) is 18.8 Å². The molecule has 0 amide bonds. The van der Waals surface area contributed by atoms with E-state index in [0.717, 1.165) is 12.0 Å². The fourth-order valence-corrected chi connectivity index (χ4v) is 1.39. The summed E-state index contributed by atoms with van der Waals surface area (Å²) in [5.41, 5.74) is 0. The van der Waals surface area contributed by atoms with Gasteiger partial charge in [0.05, 0.1) is 0 Å². The first kappa shape index (κ1) is 11.0. The van der Waals surface area contributed by atoms with E-state index in [2.05, 4.69) is 39.9 Å². The van der Waals surface area contributed by atoms with E-state index >= 15 is 0 Å². The van der Waals surface area contributed by atoms with Crippen molar-refractivity contribution in [2.45, 2.75) is 59.5 Å². The molecule has 0 aromatic rings. The minimum absolute atomic E-state index is 0.624. The summed E-state index contributed by atoms with van der Waals surface area (Å²) >= 11 is 0. The predicted molar refractivity (Wildman–Crippen MR) is 51.8 cm³/mol. The van der Waals surface area contributed by atoms with Crippen LogP contribution in [-0.2, 0) is 0 Å². The summed E-state index contributed by atoms with van der Waals surface area (Å²) < 4.78 is 0. The van der Waals surface area contributed by atoms with Crippen LogP contribution >= 0.6 is 0 Å². The van der Waals surface area contributed by atoms with Gasteiger partial charge in [0.25, 0.3) is 0 Å². The van der Waals surface area contributed by atoms with Gasteiger partial charge in [0.15, 0.2) is 0 Å². The molecule has 0 saturated heterocycles. The molecule has 0 radical (unpaired) electrons. The van der Waals surface area contributed by atoms with Gasteiger partial charge in [0.2, 0.25) is 0 Å². The fourth-order valence-electron chi connectivity index (χ4n) is 1.39. The van der Waals surface area contributed by atoms with Crippen LogP contribution in [0.25, 0.3) is 0 Å². The summed E-state index contributed by atoms with van der Waals surface area (Å²) in [7, 11) is 0. The molecule has 0 aromatic carbocycles. The normalized spacial score (nSPS) is 14.5. The Labute approximate surface area is 71.6 Å². The summed E-state index contributed by atoms with van der Waals surface area (Å²) in [6, 6.07) is 1.34. The van der Waals surface area contributed by atoms with Crippen LogP contribution in [0.2, 0.25) is 0 Å². The number of hydrogen-bond acceptors (Lipinski definition) is 1. The van der Waals surface area contributed by atoms with Crippen LogP contribution in [0.4, 0.5) is 0 Å². The van der Waals surface area contributed by atoms with Crippen molar-refractivity contribution < 1.29 is 0 Å². The highest BCUT2D eigenvalue weighted by molar-refractivity contribution is 4.68. The highest BCUT2D eigenvalue weighted by Gasteiger charge is 2.08. The van der Waals surface area contributed by atoms with Crippen LogP contribution in [0.5, 0.6) is 0 Å². The van der Waals surface area contributed by atoms with E-state index in [1.807, 2.05) is 0 Å². The standard InChI is InChI=1S/C10H23N/c1-6-10(7-8(2)3)11-9(4)5/h8-11H,6-7H2,1-5H3/t10-/m0/s1.